The molecule has 7 heteroatoms. The molecule has 2 aromatic carbocycles. The van der Waals surface area contributed by atoms with Crippen LogP contribution in [0.5, 0.6) is 5.75 Å². The van der Waals surface area contributed by atoms with E-state index in [1.807, 2.05) is 42.5 Å². The highest BCUT2D eigenvalue weighted by molar-refractivity contribution is 6.31. The second-order valence-corrected chi connectivity index (χ2v) is 5.82. The van der Waals surface area contributed by atoms with Crippen LogP contribution in [0.3, 0.4) is 0 Å². The van der Waals surface area contributed by atoms with Crippen molar-refractivity contribution in [3.05, 3.63) is 77.2 Å². The van der Waals surface area contributed by atoms with Gasteiger partial charge in [-0.2, -0.15) is 0 Å². The average Bonchev–Trinajstić information content (AvgIpc) is 2.69. The normalized spacial score (nSPS) is 10.4. The van der Waals surface area contributed by atoms with E-state index >= 15 is 0 Å². The number of ether oxygens (including phenoxy) is 1. The van der Waals surface area contributed by atoms with Crippen LogP contribution in [0.25, 0.3) is 11.3 Å². The molecule has 1 aromatic heterocycles. The van der Waals surface area contributed by atoms with E-state index in [1.54, 1.807) is 19.4 Å². The van der Waals surface area contributed by atoms with Crippen LogP contribution in [-0.2, 0) is 6.54 Å². The SMILES string of the molecule is COc1ccc(-c2cncc(C(=O)NNCc3ccccc3Cl)n2)cc1. The minimum Gasteiger partial charge on any atom is -0.497 e. The summed E-state index contributed by atoms with van der Waals surface area (Å²) in [4.78, 5) is 20.7. The zero-order valence-electron chi connectivity index (χ0n) is 14.1. The molecule has 0 spiro atoms. The highest BCUT2D eigenvalue weighted by Gasteiger charge is 2.10. The number of aromatic nitrogens is 2. The third-order valence-electron chi connectivity index (χ3n) is 3.69. The van der Waals surface area contributed by atoms with Crippen LogP contribution in [0, 0.1) is 0 Å². The van der Waals surface area contributed by atoms with E-state index in [9.17, 15) is 4.79 Å². The van der Waals surface area contributed by atoms with Crippen LogP contribution in [0.15, 0.2) is 60.9 Å². The molecular weight excluding hydrogens is 352 g/mol. The Hall–Kier alpha value is -2.96. The van der Waals surface area contributed by atoms with Crippen LogP contribution in [0.2, 0.25) is 5.02 Å². The molecule has 1 amide bonds. The number of nitrogens with zero attached hydrogens (tertiary/aromatic N) is 2. The lowest BCUT2D eigenvalue weighted by Gasteiger charge is -2.09. The van der Waals surface area contributed by atoms with Crippen molar-refractivity contribution >= 4 is 17.5 Å². The van der Waals surface area contributed by atoms with Gasteiger partial charge in [-0.3, -0.25) is 15.2 Å². The van der Waals surface area contributed by atoms with Gasteiger partial charge in [0, 0.05) is 17.1 Å². The Balaban J connectivity index is 1.65. The van der Waals surface area contributed by atoms with E-state index in [2.05, 4.69) is 20.8 Å². The lowest BCUT2D eigenvalue weighted by atomic mass is 10.1. The Morgan fingerprint density at radius 1 is 1.12 bits per heavy atom. The third kappa shape index (κ3) is 4.36. The maximum absolute atomic E-state index is 12.3. The lowest BCUT2D eigenvalue weighted by molar-refractivity contribution is 0.0927. The summed E-state index contributed by atoms with van der Waals surface area (Å²) in [7, 11) is 1.61. The summed E-state index contributed by atoms with van der Waals surface area (Å²) in [6, 6.07) is 14.8. The summed E-state index contributed by atoms with van der Waals surface area (Å²) in [5.41, 5.74) is 7.99. The molecule has 0 atom stereocenters. The van der Waals surface area contributed by atoms with Gasteiger partial charge in [0.15, 0.2) is 0 Å². The maximum atomic E-state index is 12.3. The average molecular weight is 369 g/mol. The van der Waals surface area contributed by atoms with Crippen molar-refractivity contribution in [3.63, 3.8) is 0 Å². The molecule has 1 heterocycles. The Kier molecular flexibility index (Phi) is 5.78. The topological polar surface area (TPSA) is 76.1 Å². The van der Waals surface area contributed by atoms with Crippen molar-refractivity contribution in [2.75, 3.05) is 7.11 Å². The highest BCUT2D eigenvalue weighted by atomic mass is 35.5. The molecular formula is C19H17ClN4O2. The number of hydrogen-bond acceptors (Lipinski definition) is 5. The van der Waals surface area contributed by atoms with E-state index in [0.717, 1.165) is 16.9 Å². The van der Waals surface area contributed by atoms with Gasteiger partial charge in [-0.1, -0.05) is 29.8 Å². The van der Waals surface area contributed by atoms with E-state index in [1.165, 1.54) is 6.20 Å². The van der Waals surface area contributed by atoms with Crippen molar-refractivity contribution in [3.8, 4) is 17.0 Å². The number of hydrogen-bond donors (Lipinski definition) is 2. The second kappa shape index (κ2) is 8.42. The molecule has 3 rings (SSSR count). The first-order valence-corrected chi connectivity index (χ1v) is 8.28. The van der Waals surface area contributed by atoms with Gasteiger partial charge in [-0.25, -0.2) is 10.4 Å². The summed E-state index contributed by atoms with van der Waals surface area (Å²) in [6.07, 6.45) is 3.02. The summed E-state index contributed by atoms with van der Waals surface area (Å²) in [6.45, 7) is 0.400. The number of methoxy groups -OCH3 is 1. The van der Waals surface area contributed by atoms with Crippen LogP contribution >= 0.6 is 11.6 Å². The molecule has 0 aliphatic heterocycles. The van der Waals surface area contributed by atoms with Gasteiger partial charge in [-0.05, 0) is 35.9 Å². The van der Waals surface area contributed by atoms with E-state index in [4.69, 9.17) is 16.3 Å². The molecule has 0 aliphatic carbocycles. The second-order valence-electron chi connectivity index (χ2n) is 5.42. The van der Waals surface area contributed by atoms with Crippen molar-refractivity contribution in [2.45, 2.75) is 6.54 Å². The van der Waals surface area contributed by atoms with Crippen molar-refractivity contribution in [2.24, 2.45) is 0 Å². The first kappa shape index (κ1) is 17.8. The minimum atomic E-state index is -0.375. The monoisotopic (exact) mass is 368 g/mol. The first-order valence-electron chi connectivity index (χ1n) is 7.90. The number of benzene rings is 2. The molecule has 26 heavy (non-hydrogen) atoms. The standard InChI is InChI=1S/C19H17ClN4O2/c1-26-15-8-6-13(7-9-15)17-11-21-12-18(23-17)19(25)24-22-10-14-4-2-3-5-16(14)20/h2-9,11-12,22H,10H2,1H3,(H,24,25). The smallest absolute Gasteiger partial charge is 0.285 e. The number of halogens is 1. The van der Waals surface area contributed by atoms with Crippen molar-refractivity contribution in [1.29, 1.82) is 0 Å². The third-order valence-corrected chi connectivity index (χ3v) is 4.06. The summed E-state index contributed by atoms with van der Waals surface area (Å²) >= 11 is 6.08. The van der Waals surface area contributed by atoms with E-state index in [-0.39, 0.29) is 11.6 Å². The fourth-order valence-electron chi connectivity index (χ4n) is 2.30. The van der Waals surface area contributed by atoms with E-state index < -0.39 is 0 Å². The minimum absolute atomic E-state index is 0.213. The van der Waals surface area contributed by atoms with Crippen molar-refractivity contribution in [1.82, 2.24) is 20.8 Å². The Bertz CT molecular complexity index is 900. The van der Waals surface area contributed by atoms with Gasteiger partial charge in [0.2, 0.25) is 0 Å². The van der Waals surface area contributed by atoms with Crippen molar-refractivity contribution < 1.29 is 9.53 Å². The Labute approximate surface area is 156 Å². The number of carbonyl (C=O) groups is 1. The lowest BCUT2D eigenvalue weighted by Crippen LogP contribution is -2.37. The van der Waals surface area contributed by atoms with Crippen LogP contribution < -0.4 is 15.6 Å². The zero-order valence-corrected chi connectivity index (χ0v) is 14.8. The fourth-order valence-corrected chi connectivity index (χ4v) is 2.50. The molecule has 0 bridgehead atoms. The fraction of sp³-hybridized carbons (Fsp3) is 0.105. The Morgan fingerprint density at radius 3 is 2.62 bits per heavy atom. The first-order chi connectivity index (χ1) is 12.7. The number of nitrogens with one attached hydrogen (secondary N) is 2. The quantitative estimate of drug-likeness (QED) is 0.653. The molecule has 6 nitrogen and oxygen atoms in total. The summed E-state index contributed by atoms with van der Waals surface area (Å²) < 4.78 is 5.14. The molecule has 3 aromatic rings. The van der Waals surface area contributed by atoms with Gasteiger partial charge in [0.05, 0.1) is 25.2 Å². The Morgan fingerprint density at radius 2 is 1.88 bits per heavy atom. The van der Waals surface area contributed by atoms with Crippen LogP contribution in [0.1, 0.15) is 16.1 Å². The van der Waals surface area contributed by atoms with E-state index in [0.29, 0.717) is 17.3 Å². The van der Waals surface area contributed by atoms with Gasteiger partial charge < -0.3 is 4.74 Å². The highest BCUT2D eigenvalue weighted by Crippen LogP contribution is 2.20. The molecule has 0 saturated carbocycles. The zero-order chi connectivity index (χ0) is 18.4. The van der Waals surface area contributed by atoms with Gasteiger partial charge in [-0.15, -0.1) is 0 Å². The summed E-state index contributed by atoms with van der Waals surface area (Å²) in [5.74, 6) is 0.374. The largest absolute Gasteiger partial charge is 0.497 e. The van der Waals surface area contributed by atoms with Crippen LogP contribution in [-0.4, -0.2) is 23.0 Å². The van der Waals surface area contributed by atoms with Gasteiger partial charge in [0.1, 0.15) is 11.4 Å². The number of carbonyl (C=O) groups excluding carboxylic acids is 1. The predicted octanol–water partition coefficient (Wildman–Crippen LogP) is 3.24. The van der Waals surface area contributed by atoms with Crippen LogP contribution in [0.4, 0.5) is 0 Å². The number of rotatable bonds is 6. The molecule has 132 valence electrons. The predicted molar refractivity (Wildman–Crippen MR) is 99.8 cm³/mol. The molecule has 2 N–H and O–H groups in total. The molecule has 0 radical (unpaired) electrons. The maximum Gasteiger partial charge on any atom is 0.285 e. The number of hydrazine groups is 1. The molecule has 0 aliphatic rings. The molecule has 0 unspecified atom stereocenters. The molecule has 0 saturated heterocycles. The number of amides is 1. The summed E-state index contributed by atoms with van der Waals surface area (Å²) in [5, 5.41) is 0.635. The molecule has 0 fully saturated rings. The van der Waals surface area contributed by atoms with Gasteiger partial charge >= 0.3 is 0 Å². The van der Waals surface area contributed by atoms with Gasteiger partial charge in [0.25, 0.3) is 5.91 Å².